The number of hydrogen-bond donors (Lipinski definition) is 1. The van der Waals surface area contributed by atoms with Crippen LogP contribution in [0, 0.1) is 0 Å². The van der Waals surface area contributed by atoms with E-state index in [-0.39, 0.29) is 12.3 Å². The highest BCUT2D eigenvalue weighted by atomic mass is 79.9. The van der Waals surface area contributed by atoms with Crippen LogP contribution in [0.1, 0.15) is 17.2 Å². The minimum Gasteiger partial charge on any atom is -0.349 e. The van der Waals surface area contributed by atoms with E-state index >= 15 is 0 Å². The molecule has 0 saturated carbocycles. The Kier molecular flexibility index (Phi) is 5.04. The van der Waals surface area contributed by atoms with Gasteiger partial charge < -0.3 is 14.8 Å². The van der Waals surface area contributed by atoms with E-state index in [2.05, 4.69) is 45.5 Å². The summed E-state index contributed by atoms with van der Waals surface area (Å²) in [5.41, 5.74) is 2.32. The first-order valence-corrected chi connectivity index (χ1v) is 7.88. The van der Waals surface area contributed by atoms with Gasteiger partial charge in [-0.15, -0.1) is 0 Å². The molecule has 2 aromatic carbocycles. The van der Waals surface area contributed by atoms with Crippen LogP contribution in [0.25, 0.3) is 0 Å². The minimum atomic E-state index is -0.264. The second-order valence-electron chi connectivity index (χ2n) is 5.02. The summed E-state index contributed by atoms with van der Waals surface area (Å²) in [6.45, 7) is 2.05. The Morgan fingerprint density at radius 3 is 2.81 bits per heavy atom. The number of ether oxygens (including phenoxy) is 2. The lowest BCUT2D eigenvalue weighted by Crippen LogP contribution is -2.43. The predicted molar refractivity (Wildman–Crippen MR) is 85.9 cm³/mol. The third-order valence-electron chi connectivity index (χ3n) is 3.48. The number of hydrogen-bond acceptors (Lipinski definition) is 3. The van der Waals surface area contributed by atoms with Gasteiger partial charge in [0.2, 0.25) is 0 Å². The molecule has 1 aliphatic rings. The minimum absolute atomic E-state index is 0.0760. The summed E-state index contributed by atoms with van der Waals surface area (Å²) in [7, 11) is 0. The average molecular weight is 348 g/mol. The summed E-state index contributed by atoms with van der Waals surface area (Å²) in [4.78, 5) is 0. The van der Waals surface area contributed by atoms with Crippen molar-refractivity contribution in [3.63, 3.8) is 0 Å². The molecule has 0 amide bonds. The molecule has 1 heterocycles. The number of morpholine rings is 1. The Morgan fingerprint density at radius 1 is 1.14 bits per heavy atom. The first-order chi connectivity index (χ1) is 10.3. The summed E-state index contributed by atoms with van der Waals surface area (Å²) in [5, 5.41) is 3.47. The van der Waals surface area contributed by atoms with E-state index in [9.17, 15) is 0 Å². The summed E-state index contributed by atoms with van der Waals surface area (Å²) < 4.78 is 12.8. The molecule has 110 valence electrons. The predicted octanol–water partition coefficient (Wildman–Crippen LogP) is 3.65. The van der Waals surface area contributed by atoms with Crippen LogP contribution in [-0.4, -0.2) is 19.4 Å². The normalized spacial score (nSPS) is 22.1. The van der Waals surface area contributed by atoms with Gasteiger partial charge in [0.1, 0.15) is 0 Å². The molecule has 4 heteroatoms. The molecule has 2 atom stereocenters. The molecule has 1 N–H and O–H groups in total. The van der Waals surface area contributed by atoms with E-state index in [1.165, 1.54) is 5.56 Å². The first-order valence-electron chi connectivity index (χ1n) is 7.09. The van der Waals surface area contributed by atoms with E-state index < -0.39 is 0 Å². The maximum absolute atomic E-state index is 5.99. The third kappa shape index (κ3) is 3.92. The van der Waals surface area contributed by atoms with Crippen LogP contribution in [0.4, 0.5) is 0 Å². The zero-order valence-corrected chi connectivity index (χ0v) is 13.3. The molecular formula is C17H18BrNO2. The number of nitrogens with one attached hydrogen (secondary N) is 1. The van der Waals surface area contributed by atoms with Gasteiger partial charge in [-0.05, 0) is 23.3 Å². The van der Waals surface area contributed by atoms with Crippen molar-refractivity contribution in [2.45, 2.75) is 18.9 Å². The molecule has 0 bridgehead atoms. The molecule has 1 saturated heterocycles. The van der Waals surface area contributed by atoms with Crippen LogP contribution in [0.5, 0.6) is 0 Å². The monoisotopic (exact) mass is 347 g/mol. The Morgan fingerprint density at radius 2 is 2.00 bits per heavy atom. The van der Waals surface area contributed by atoms with Crippen molar-refractivity contribution < 1.29 is 9.47 Å². The molecule has 0 aliphatic carbocycles. The van der Waals surface area contributed by atoms with Crippen LogP contribution in [0.15, 0.2) is 59.1 Å². The molecular weight excluding hydrogens is 330 g/mol. The lowest BCUT2D eigenvalue weighted by atomic mass is 10.1. The van der Waals surface area contributed by atoms with Crippen molar-refractivity contribution in [1.82, 2.24) is 5.32 Å². The fraction of sp³-hybridized carbons (Fsp3) is 0.294. The van der Waals surface area contributed by atoms with Gasteiger partial charge >= 0.3 is 0 Å². The SMILES string of the molecule is Brc1cccc(CO[C@H]2OCCN[C@H]2c2ccccc2)c1. The fourth-order valence-corrected chi connectivity index (χ4v) is 2.91. The van der Waals surface area contributed by atoms with E-state index in [0.717, 1.165) is 16.6 Å². The Hall–Kier alpha value is -1.20. The van der Waals surface area contributed by atoms with Crippen molar-refractivity contribution in [2.24, 2.45) is 0 Å². The van der Waals surface area contributed by atoms with E-state index in [0.29, 0.717) is 13.2 Å². The average Bonchev–Trinajstić information content (AvgIpc) is 2.54. The Balaban J connectivity index is 1.67. The lowest BCUT2D eigenvalue weighted by Gasteiger charge is -2.33. The summed E-state index contributed by atoms with van der Waals surface area (Å²) in [6, 6.07) is 18.5. The fourth-order valence-electron chi connectivity index (χ4n) is 2.47. The molecule has 2 aromatic rings. The molecule has 1 aliphatic heterocycles. The van der Waals surface area contributed by atoms with Crippen molar-refractivity contribution in [3.8, 4) is 0 Å². The van der Waals surface area contributed by atoms with Crippen LogP contribution in [-0.2, 0) is 16.1 Å². The highest BCUT2D eigenvalue weighted by molar-refractivity contribution is 9.10. The summed E-state index contributed by atoms with van der Waals surface area (Å²) in [6.07, 6.45) is -0.264. The third-order valence-corrected chi connectivity index (χ3v) is 3.98. The van der Waals surface area contributed by atoms with Gasteiger partial charge in [-0.1, -0.05) is 58.4 Å². The molecule has 21 heavy (non-hydrogen) atoms. The van der Waals surface area contributed by atoms with Crippen molar-refractivity contribution in [1.29, 1.82) is 0 Å². The van der Waals surface area contributed by atoms with Crippen molar-refractivity contribution in [3.05, 3.63) is 70.2 Å². The first kappa shape index (κ1) is 14.7. The number of halogens is 1. The van der Waals surface area contributed by atoms with Gasteiger partial charge in [-0.3, -0.25) is 0 Å². The maximum atomic E-state index is 5.99. The van der Waals surface area contributed by atoms with Crippen LogP contribution in [0.2, 0.25) is 0 Å². The second-order valence-corrected chi connectivity index (χ2v) is 5.94. The molecule has 3 rings (SSSR count). The van der Waals surface area contributed by atoms with Gasteiger partial charge in [0.05, 0.1) is 19.3 Å². The highest BCUT2D eigenvalue weighted by Gasteiger charge is 2.27. The van der Waals surface area contributed by atoms with E-state index in [1.54, 1.807) is 0 Å². The van der Waals surface area contributed by atoms with Crippen molar-refractivity contribution >= 4 is 15.9 Å². The van der Waals surface area contributed by atoms with Gasteiger partial charge in [-0.25, -0.2) is 0 Å². The Labute approximate surface area is 133 Å². The summed E-state index contributed by atoms with van der Waals surface area (Å²) in [5.74, 6) is 0. The Bertz CT molecular complexity index is 576. The van der Waals surface area contributed by atoms with Crippen LogP contribution in [0.3, 0.4) is 0 Å². The van der Waals surface area contributed by atoms with Crippen molar-refractivity contribution in [2.75, 3.05) is 13.2 Å². The smallest absolute Gasteiger partial charge is 0.177 e. The highest BCUT2D eigenvalue weighted by Crippen LogP contribution is 2.24. The number of benzene rings is 2. The standard InChI is InChI=1S/C17H18BrNO2/c18-15-8-4-5-13(11-15)12-21-17-16(19-9-10-20-17)14-6-2-1-3-7-14/h1-8,11,16-17,19H,9-10,12H2/t16-,17+/m0/s1. The van der Waals surface area contributed by atoms with E-state index in [1.807, 2.05) is 30.3 Å². The van der Waals surface area contributed by atoms with Gasteiger partial charge in [0.15, 0.2) is 6.29 Å². The molecule has 0 aromatic heterocycles. The largest absolute Gasteiger partial charge is 0.349 e. The maximum Gasteiger partial charge on any atom is 0.177 e. The van der Waals surface area contributed by atoms with Gasteiger partial charge in [0, 0.05) is 11.0 Å². The molecule has 0 radical (unpaired) electrons. The molecule has 1 fully saturated rings. The van der Waals surface area contributed by atoms with Crippen LogP contribution < -0.4 is 5.32 Å². The second kappa shape index (κ2) is 7.18. The zero-order valence-electron chi connectivity index (χ0n) is 11.7. The van der Waals surface area contributed by atoms with Gasteiger partial charge in [-0.2, -0.15) is 0 Å². The zero-order chi connectivity index (χ0) is 14.5. The molecule has 0 unspecified atom stereocenters. The summed E-state index contributed by atoms with van der Waals surface area (Å²) >= 11 is 3.48. The van der Waals surface area contributed by atoms with Gasteiger partial charge in [0.25, 0.3) is 0 Å². The van der Waals surface area contributed by atoms with E-state index in [4.69, 9.17) is 9.47 Å². The number of rotatable bonds is 4. The molecule has 3 nitrogen and oxygen atoms in total. The lowest BCUT2D eigenvalue weighted by molar-refractivity contribution is -0.183. The molecule has 0 spiro atoms. The quantitative estimate of drug-likeness (QED) is 0.915. The van der Waals surface area contributed by atoms with Crippen LogP contribution >= 0.6 is 15.9 Å². The topological polar surface area (TPSA) is 30.5 Å².